The van der Waals surface area contributed by atoms with Gasteiger partial charge in [0.2, 0.25) is 0 Å². The van der Waals surface area contributed by atoms with Crippen LogP contribution in [-0.2, 0) is 0 Å². The molecule has 1 rings (SSSR count). The highest BCUT2D eigenvalue weighted by molar-refractivity contribution is 5.36. The molecule has 1 aromatic carbocycles. The molecule has 1 aromatic rings. The minimum Gasteiger partial charge on any atom is -0.405 e. The van der Waals surface area contributed by atoms with Gasteiger partial charge in [-0.1, -0.05) is 31.5 Å². The van der Waals surface area contributed by atoms with E-state index in [1.165, 1.54) is 18.2 Å². The fraction of sp³-hybridized carbons (Fsp3) is 0.500. The third-order valence-corrected chi connectivity index (χ3v) is 2.50. The molecule has 0 unspecified atom stereocenters. The maximum absolute atomic E-state index is 12.2. The molecule has 2 atom stereocenters. The van der Waals surface area contributed by atoms with Crippen molar-refractivity contribution in [1.29, 1.82) is 0 Å². The largest absolute Gasteiger partial charge is 0.573 e. The number of para-hydroxylation sites is 1. The Morgan fingerprint density at radius 1 is 1.33 bits per heavy atom. The van der Waals surface area contributed by atoms with E-state index in [9.17, 15) is 18.3 Å². The number of nitrogens with two attached hydrogens (primary N) is 1. The Morgan fingerprint density at radius 3 is 2.50 bits per heavy atom. The summed E-state index contributed by atoms with van der Waals surface area (Å²) in [5, 5.41) is 9.73. The summed E-state index contributed by atoms with van der Waals surface area (Å²) in [5.74, 6) is -0.368. The van der Waals surface area contributed by atoms with E-state index in [0.717, 1.165) is 0 Å². The maximum atomic E-state index is 12.2. The molecule has 0 aliphatic heterocycles. The molecule has 0 radical (unpaired) electrons. The van der Waals surface area contributed by atoms with Gasteiger partial charge in [0.05, 0.1) is 12.1 Å². The lowest BCUT2D eigenvalue weighted by Gasteiger charge is -2.21. The molecular weight excluding hydrogens is 247 g/mol. The van der Waals surface area contributed by atoms with Crippen LogP contribution in [0.3, 0.4) is 0 Å². The molecule has 0 amide bonds. The van der Waals surface area contributed by atoms with Gasteiger partial charge in [-0.3, -0.25) is 0 Å². The Kier molecular flexibility index (Phi) is 4.98. The maximum Gasteiger partial charge on any atom is 0.573 e. The number of aliphatic hydroxyl groups is 1. The molecule has 3 N–H and O–H groups in total. The summed E-state index contributed by atoms with van der Waals surface area (Å²) in [6.45, 7) is 1.86. The number of hydrogen-bond acceptors (Lipinski definition) is 3. The Bertz CT molecular complexity index is 382. The number of ether oxygens (including phenoxy) is 1. The van der Waals surface area contributed by atoms with Gasteiger partial charge in [-0.2, -0.15) is 0 Å². The first kappa shape index (κ1) is 14.8. The second-order valence-corrected chi connectivity index (χ2v) is 3.97. The van der Waals surface area contributed by atoms with Gasteiger partial charge >= 0.3 is 6.36 Å². The number of benzene rings is 1. The smallest absolute Gasteiger partial charge is 0.405 e. The van der Waals surface area contributed by atoms with E-state index in [1.54, 1.807) is 6.07 Å². The quantitative estimate of drug-likeness (QED) is 0.858. The summed E-state index contributed by atoms with van der Waals surface area (Å²) in [5.41, 5.74) is 5.90. The fourth-order valence-corrected chi connectivity index (χ4v) is 1.66. The van der Waals surface area contributed by atoms with E-state index >= 15 is 0 Å². The van der Waals surface area contributed by atoms with E-state index < -0.39 is 18.5 Å². The lowest BCUT2D eigenvalue weighted by atomic mass is 9.98. The standard InChI is InChI=1S/C12H16F3NO2/c1-2-5-9(17)11(16)8-6-3-4-7-10(8)18-12(13,14)15/h3-4,6-7,9,11,17H,2,5,16H2,1H3/t9-,11+/m0/s1. The van der Waals surface area contributed by atoms with Gasteiger partial charge in [0, 0.05) is 5.56 Å². The van der Waals surface area contributed by atoms with Crippen LogP contribution in [0, 0.1) is 0 Å². The monoisotopic (exact) mass is 263 g/mol. The number of alkyl halides is 3. The summed E-state index contributed by atoms with van der Waals surface area (Å²) in [7, 11) is 0. The van der Waals surface area contributed by atoms with Crippen LogP contribution in [0.2, 0.25) is 0 Å². The molecule has 3 nitrogen and oxygen atoms in total. The minimum atomic E-state index is -4.77. The van der Waals surface area contributed by atoms with Crippen molar-refractivity contribution in [3.63, 3.8) is 0 Å². The minimum absolute atomic E-state index is 0.149. The molecule has 102 valence electrons. The highest BCUT2D eigenvalue weighted by Gasteiger charge is 2.33. The molecular formula is C12H16F3NO2. The van der Waals surface area contributed by atoms with Gasteiger partial charge in [0.1, 0.15) is 5.75 Å². The summed E-state index contributed by atoms with van der Waals surface area (Å²) in [4.78, 5) is 0. The van der Waals surface area contributed by atoms with Crippen LogP contribution in [0.1, 0.15) is 31.4 Å². The SMILES string of the molecule is CCC[C@H](O)[C@H](N)c1ccccc1OC(F)(F)F. The van der Waals surface area contributed by atoms with Crippen molar-refractivity contribution >= 4 is 0 Å². The lowest BCUT2D eigenvalue weighted by Crippen LogP contribution is -2.27. The van der Waals surface area contributed by atoms with Crippen LogP contribution in [0.4, 0.5) is 13.2 Å². The Hall–Kier alpha value is -1.27. The van der Waals surface area contributed by atoms with Crippen molar-refractivity contribution in [2.24, 2.45) is 5.73 Å². The predicted molar refractivity (Wildman–Crippen MR) is 61.0 cm³/mol. The fourth-order valence-electron chi connectivity index (χ4n) is 1.66. The molecule has 0 heterocycles. The number of hydrogen-bond donors (Lipinski definition) is 2. The van der Waals surface area contributed by atoms with Crippen LogP contribution < -0.4 is 10.5 Å². The molecule has 6 heteroatoms. The van der Waals surface area contributed by atoms with Crippen LogP contribution in [0.15, 0.2) is 24.3 Å². The van der Waals surface area contributed by atoms with Crippen LogP contribution in [0.5, 0.6) is 5.75 Å². The lowest BCUT2D eigenvalue weighted by molar-refractivity contribution is -0.275. The molecule has 0 aliphatic rings. The third-order valence-electron chi connectivity index (χ3n) is 2.50. The molecule has 0 fully saturated rings. The first-order valence-corrected chi connectivity index (χ1v) is 5.63. The van der Waals surface area contributed by atoms with Gasteiger partial charge in [0.15, 0.2) is 0 Å². The first-order chi connectivity index (χ1) is 8.35. The normalized spacial score (nSPS) is 15.2. The summed E-state index contributed by atoms with van der Waals surface area (Å²) < 4.78 is 40.5. The van der Waals surface area contributed by atoms with Crippen molar-refractivity contribution in [1.82, 2.24) is 0 Å². The third kappa shape index (κ3) is 4.19. The second kappa shape index (κ2) is 6.06. The van der Waals surface area contributed by atoms with E-state index in [2.05, 4.69) is 4.74 Å². The van der Waals surface area contributed by atoms with Gasteiger partial charge in [-0.25, -0.2) is 0 Å². The summed E-state index contributed by atoms with van der Waals surface area (Å²) >= 11 is 0. The topological polar surface area (TPSA) is 55.5 Å². The highest BCUT2D eigenvalue weighted by Crippen LogP contribution is 2.31. The number of aliphatic hydroxyl groups excluding tert-OH is 1. The van der Waals surface area contributed by atoms with Gasteiger partial charge in [-0.05, 0) is 12.5 Å². The molecule has 0 saturated heterocycles. The Labute approximate surface area is 103 Å². The Morgan fingerprint density at radius 2 is 1.94 bits per heavy atom. The van der Waals surface area contributed by atoms with Crippen LogP contribution >= 0.6 is 0 Å². The van der Waals surface area contributed by atoms with E-state index in [1.807, 2.05) is 6.92 Å². The number of rotatable bonds is 5. The zero-order valence-corrected chi connectivity index (χ0v) is 9.95. The molecule has 0 saturated carbocycles. The van der Waals surface area contributed by atoms with Gasteiger partial charge in [0.25, 0.3) is 0 Å². The van der Waals surface area contributed by atoms with Crippen molar-refractivity contribution < 1.29 is 23.0 Å². The number of halogens is 3. The molecule has 0 bridgehead atoms. The summed E-state index contributed by atoms with van der Waals surface area (Å²) in [6.07, 6.45) is -4.56. The van der Waals surface area contributed by atoms with Crippen molar-refractivity contribution in [3.05, 3.63) is 29.8 Å². The van der Waals surface area contributed by atoms with E-state index in [0.29, 0.717) is 12.8 Å². The zero-order valence-electron chi connectivity index (χ0n) is 9.95. The highest BCUT2D eigenvalue weighted by atomic mass is 19.4. The summed E-state index contributed by atoms with van der Waals surface area (Å²) in [6, 6.07) is 4.68. The van der Waals surface area contributed by atoms with Crippen molar-refractivity contribution in [2.75, 3.05) is 0 Å². The van der Waals surface area contributed by atoms with E-state index in [4.69, 9.17) is 5.73 Å². The van der Waals surface area contributed by atoms with Crippen molar-refractivity contribution in [3.8, 4) is 5.75 Å². The average Bonchev–Trinajstić information content (AvgIpc) is 2.27. The molecule has 0 spiro atoms. The van der Waals surface area contributed by atoms with Crippen molar-refractivity contribution in [2.45, 2.75) is 38.3 Å². The molecule has 0 aliphatic carbocycles. The average molecular weight is 263 g/mol. The Balaban J connectivity index is 2.94. The van der Waals surface area contributed by atoms with Gasteiger partial charge in [-0.15, -0.1) is 13.2 Å². The van der Waals surface area contributed by atoms with E-state index in [-0.39, 0.29) is 11.3 Å². The second-order valence-electron chi connectivity index (χ2n) is 3.97. The van der Waals surface area contributed by atoms with Crippen LogP contribution in [-0.4, -0.2) is 17.6 Å². The molecule has 0 aromatic heterocycles. The molecule has 18 heavy (non-hydrogen) atoms. The zero-order chi connectivity index (χ0) is 13.8. The first-order valence-electron chi connectivity index (χ1n) is 5.63. The van der Waals surface area contributed by atoms with Gasteiger partial charge < -0.3 is 15.6 Å². The van der Waals surface area contributed by atoms with Crippen LogP contribution in [0.25, 0.3) is 0 Å². The predicted octanol–water partition coefficient (Wildman–Crippen LogP) is 2.75.